The van der Waals surface area contributed by atoms with Crippen LogP contribution in [0.3, 0.4) is 0 Å². The molecule has 1 heterocycles. The predicted molar refractivity (Wildman–Crippen MR) is 106 cm³/mol. The van der Waals surface area contributed by atoms with Crippen molar-refractivity contribution >= 4 is 35.0 Å². The monoisotopic (exact) mass is 386 g/mol. The predicted octanol–water partition coefficient (Wildman–Crippen LogP) is 4.33. The fourth-order valence-electron chi connectivity index (χ4n) is 2.45. The normalized spacial score (nSPS) is 10.7. The summed E-state index contributed by atoms with van der Waals surface area (Å²) in [5.41, 5.74) is 2.82. The molecule has 0 aliphatic heterocycles. The van der Waals surface area contributed by atoms with Gasteiger partial charge >= 0.3 is 0 Å². The number of carbonyl (C=O) groups excluding carboxylic acids is 1. The molecule has 0 saturated heterocycles. The van der Waals surface area contributed by atoms with Gasteiger partial charge in [0.1, 0.15) is 5.82 Å². The van der Waals surface area contributed by atoms with E-state index in [0.717, 1.165) is 22.1 Å². The van der Waals surface area contributed by atoms with Crippen LogP contribution in [-0.4, -0.2) is 26.4 Å². The zero-order chi connectivity index (χ0) is 18.5. The van der Waals surface area contributed by atoms with Gasteiger partial charge in [-0.2, -0.15) is 0 Å². The van der Waals surface area contributed by atoms with Gasteiger partial charge in [0, 0.05) is 0 Å². The Kier molecular flexibility index (Phi) is 5.96. The van der Waals surface area contributed by atoms with Crippen LogP contribution in [0.4, 0.5) is 5.69 Å². The molecule has 0 spiro atoms. The highest BCUT2D eigenvalue weighted by Gasteiger charge is 2.13. The zero-order valence-electron chi connectivity index (χ0n) is 14.6. The number of anilines is 1. The molecule has 0 bridgehead atoms. The highest BCUT2D eigenvalue weighted by atomic mass is 35.5. The van der Waals surface area contributed by atoms with Crippen molar-refractivity contribution in [3.8, 4) is 0 Å². The first-order valence-corrected chi connectivity index (χ1v) is 9.52. The van der Waals surface area contributed by atoms with Gasteiger partial charge in [0.15, 0.2) is 5.16 Å². The maximum Gasteiger partial charge on any atom is 0.234 e. The smallest absolute Gasteiger partial charge is 0.234 e. The Morgan fingerprint density at radius 2 is 1.92 bits per heavy atom. The number of halogens is 1. The summed E-state index contributed by atoms with van der Waals surface area (Å²) >= 11 is 7.52. The van der Waals surface area contributed by atoms with Crippen molar-refractivity contribution in [2.24, 2.45) is 0 Å². The van der Waals surface area contributed by atoms with Crippen LogP contribution in [0.1, 0.15) is 17.0 Å². The Bertz CT molecular complexity index is 911. The number of nitrogens with one attached hydrogen (secondary N) is 1. The topological polar surface area (TPSA) is 59.8 Å². The number of hydrogen-bond donors (Lipinski definition) is 1. The van der Waals surface area contributed by atoms with Gasteiger partial charge in [0.05, 0.1) is 23.0 Å². The second-order valence-corrected chi connectivity index (χ2v) is 7.27. The van der Waals surface area contributed by atoms with Crippen molar-refractivity contribution < 1.29 is 4.79 Å². The van der Waals surface area contributed by atoms with Crippen LogP contribution < -0.4 is 5.32 Å². The number of hydrogen-bond acceptors (Lipinski definition) is 4. The lowest BCUT2D eigenvalue weighted by Gasteiger charge is -2.09. The number of aryl methyl sites for hydroxylation is 2. The Morgan fingerprint density at radius 1 is 1.15 bits per heavy atom. The number of benzene rings is 2. The van der Waals surface area contributed by atoms with E-state index < -0.39 is 0 Å². The van der Waals surface area contributed by atoms with E-state index in [-0.39, 0.29) is 11.7 Å². The number of rotatable bonds is 6. The SMILES string of the molecule is Cc1ccc(NC(=O)CSc2nnc(C)n2Cc2ccccc2)c(Cl)c1. The molecule has 5 nitrogen and oxygen atoms in total. The summed E-state index contributed by atoms with van der Waals surface area (Å²) in [6.45, 7) is 4.54. The van der Waals surface area contributed by atoms with Crippen LogP contribution in [-0.2, 0) is 11.3 Å². The third kappa shape index (κ3) is 4.65. The molecule has 0 radical (unpaired) electrons. The lowest BCUT2D eigenvalue weighted by Crippen LogP contribution is -2.15. The zero-order valence-corrected chi connectivity index (χ0v) is 16.1. The first-order valence-electron chi connectivity index (χ1n) is 8.15. The fourth-order valence-corrected chi connectivity index (χ4v) is 3.52. The van der Waals surface area contributed by atoms with Gasteiger partial charge in [-0.15, -0.1) is 10.2 Å². The lowest BCUT2D eigenvalue weighted by atomic mass is 10.2. The van der Waals surface area contributed by atoms with Crippen LogP contribution in [0.5, 0.6) is 0 Å². The van der Waals surface area contributed by atoms with E-state index in [1.165, 1.54) is 11.8 Å². The molecule has 0 aliphatic carbocycles. The molecule has 2 aromatic carbocycles. The summed E-state index contributed by atoms with van der Waals surface area (Å²) < 4.78 is 2.01. The largest absolute Gasteiger partial charge is 0.324 e. The molecule has 3 rings (SSSR count). The van der Waals surface area contributed by atoms with E-state index in [9.17, 15) is 4.79 Å². The minimum atomic E-state index is -0.132. The molecule has 26 heavy (non-hydrogen) atoms. The Labute approximate surface area is 161 Å². The Morgan fingerprint density at radius 3 is 2.65 bits per heavy atom. The maximum atomic E-state index is 12.3. The van der Waals surface area contributed by atoms with Gasteiger partial charge < -0.3 is 9.88 Å². The summed E-state index contributed by atoms with van der Waals surface area (Å²) in [5.74, 6) is 0.919. The maximum absolute atomic E-state index is 12.3. The van der Waals surface area contributed by atoms with Crippen LogP contribution in [0.2, 0.25) is 5.02 Å². The first kappa shape index (κ1) is 18.5. The molecule has 0 atom stereocenters. The average Bonchev–Trinajstić information content (AvgIpc) is 2.97. The van der Waals surface area contributed by atoms with E-state index in [1.807, 2.05) is 54.8 Å². The summed E-state index contributed by atoms with van der Waals surface area (Å²) in [7, 11) is 0. The number of nitrogens with zero attached hydrogens (tertiary/aromatic N) is 3. The van der Waals surface area contributed by atoms with Gasteiger partial charge in [0.25, 0.3) is 0 Å². The Balaban J connectivity index is 1.63. The molecular formula is C19H19ClN4OS. The number of amides is 1. The molecular weight excluding hydrogens is 368 g/mol. The standard InChI is InChI=1S/C19H19ClN4OS/c1-13-8-9-17(16(20)10-13)21-18(25)12-26-19-23-22-14(2)24(19)11-15-6-4-3-5-7-15/h3-10H,11-12H2,1-2H3,(H,21,25). The number of thioether (sulfide) groups is 1. The van der Waals surface area contributed by atoms with Crippen LogP contribution in [0.25, 0.3) is 0 Å². The molecule has 7 heteroatoms. The second kappa shape index (κ2) is 8.38. The van der Waals surface area contributed by atoms with Crippen molar-refractivity contribution in [1.29, 1.82) is 0 Å². The first-order chi connectivity index (χ1) is 12.5. The van der Waals surface area contributed by atoms with Gasteiger partial charge in [-0.3, -0.25) is 4.79 Å². The van der Waals surface area contributed by atoms with Gasteiger partial charge in [0.2, 0.25) is 5.91 Å². The van der Waals surface area contributed by atoms with Crippen LogP contribution in [0.15, 0.2) is 53.7 Å². The van der Waals surface area contributed by atoms with Gasteiger partial charge in [-0.1, -0.05) is 59.8 Å². The minimum Gasteiger partial charge on any atom is -0.324 e. The van der Waals surface area contributed by atoms with E-state index >= 15 is 0 Å². The number of aromatic nitrogens is 3. The summed E-state index contributed by atoms with van der Waals surface area (Å²) in [5, 5.41) is 12.4. The van der Waals surface area contributed by atoms with Crippen LogP contribution >= 0.6 is 23.4 Å². The highest BCUT2D eigenvalue weighted by Crippen LogP contribution is 2.24. The molecule has 1 aromatic heterocycles. The van der Waals surface area contributed by atoms with Crippen molar-refractivity contribution in [1.82, 2.24) is 14.8 Å². The van der Waals surface area contributed by atoms with Crippen molar-refractivity contribution in [3.63, 3.8) is 0 Å². The highest BCUT2D eigenvalue weighted by molar-refractivity contribution is 7.99. The van der Waals surface area contributed by atoms with E-state index in [1.54, 1.807) is 0 Å². The van der Waals surface area contributed by atoms with Gasteiger partial charge in [-0.25, -0.2) is 0 Å². The third-order valence-electron chi connectivity index (χ3n) is 3.82. The van der Waals surface area contributed by atoms with E-state index in [0.29, 0.717) is 17.3 Å². The number of carbonyl (C=O) groups is 1. The molecule has 134 valence electrons. The average molecular weight is 387 g/mol. The van der Waals surface area contributed by atoms with Gasteiger partial charge in [-0.05, 0) is 37.1 Å². The molecule has 0 aliphatic rings. The summed E-state index contributed by atoms with van der Waals surface area (Å²) in [6.07, 6.45) is 0. The molecule has 1 N–H and O–H groups in total. The minimum absolute atomic E-state index is 0.132. The van der Waals surface area contributed by atoms with Crippen molar-refractivity contribution in [2.45, 2.75) is 25.5 Å². The molecule has 3 aromatic rings. The summed E-state index contributed by atoms with van der Waals surface area (Å²) in [4.78, 5) is 12.3. The van der Waals surface area contributed by atoms with E-state index in [2.05, 4.69) is 27.6 Å². The summed E-state index contributed by atoms with van der Waals surface area (Å²) in [6, 6.07) is 15.6. The van der Waals surface area contributed by atoms with Crippen molar-refractivity contribution in [2.75, 3.05) is 11.1 Å². The quantitative estimate of drug-likeness (QED) is 0.640. The second-order valence-electron chi connectivity index (χ2n) is 5.92. The fraction of sp³-hybridized carbons (Fsp3) is 0.211. The molecule has 0 fully saturated rings. The molecule has 0 unspecified atom stereocenters. The lowest BCUT2D eigenvalue weighted by molar-refractivity contribution is -0.113. The molecule has 1 amide bonds. The van der Waals surface area contributed by atoms with E-state index in [4.69, 9.17) is 11.6 Å². The Hall–Kier alpha value is -2.31. The van der Waals surface area contributed by atoms with Crippen molar-refractivity contribution in [3.05, 3.63) is 70.5 Å². The molecule has 0 saturated carbocycles. The third-order valence-corrected chi connectivity index (χ3v) is 5.10. The van der Waals surface area contributed by atoms with Crippen LogP contribution in [0, 0.1) is 13.8 Å².